The number of nitrogens with one attached hydrogen (secondary N) is 1. The summed E-state index contributed by atoms with van der Waals surface area (Å²) >= 11 is 0. The highest BCUT2D eigenvalue weighted by atomic mass is 16.5. The van der Waals surface area contributed by atoms with E-state index in [1.807, 2.05) is 6.92 Å². The maximum Gasteiger partial charge on any atom is 0.212 e. The van der Waals surface area contributed by atoms with Crippen LogP contribution in [-0.2, 0) is 4.74 Å². The Kier molecular flexibility index (Phi) is 2.88. The average molecular weight is 173 g/mol. The average Bonchev–Trinajstić information content (AvgIpc) is 2.49. The van der Waals surface area contributed by atoms with Crippen molar-refractivity contribution in [2.75, 3.05) is 13.2 Å². The lowest BCUT2D eigenvalue weighted by atomic mass is 10.0. The second-order valence-electron chi connectivity index (χ2n) is 3.22. The molecule has 1 atom stereocenters. The van der Waals surface area contributed by atoms with E-state index in [0.717, 1.165) is 19.4 Å². The number of nitrogens with two attached hydrogens (primary N) is 1. The molecule has 0 saturated carbocycles. The van der Waals surface area contributed by atoms with Crippen LogP contribution in [0.15, 0.2) is 4.99 Å². The Hall–Kier alpha value is -0.810. The Morgan fingerprint density at radius 2 is 2.58 bits per heavy atom. The molecule has 0 bridgehead atoms. The molecule has 0 aromatic carbocycles. The van der Waals surface area contributed by atoms with E-state index in [9.17, 15) is 0 Å². The van der Waals surface area contributed by atoms with Gasteiger partial charge in [-0.05, 0) is 19.8 Å². The molecule has 1 rings (SSSR count). The summed E-state index contributed by atoms with van der Waals surface area (Å²) in [5.41, 5.74) is 6.83. The number of guanidine groups is 1. The fourth-order valence-corrected chi connectivity index (χ4v) is 1.25. The van der Waals surface area contributed by atoms with Gasteiger partial charge in [0, 0.05) is 6.61 Å². The summed E-state index contributed by atoms with van der Waals surface area (Å²) in [6, 6.07) is 0. The third-order valence-electron chi connectivity index (χ3n) is 2.00. The van der Waals surface area contributed by atoms with Gasteiger partial charge in [-0.1, -0.05) is 0 Å². The number of hydrogen-bond donors (Lipinski definition) is 3. The van der Waals surface area contributed by atoms with Crippen molar-refractivity contribution < 1.29 is 9.94 Å². The minimum absolute atomic E-state index is 0.0340. The van der Waals surface area contributed by atoms with Crippen LogP contribution in [-0.4, -0.2) is 29.9 Å². The minimum Gasteiger partial charge on any atom is -0.373 e. The molecule has 70 valence electrons. The van der Waals surface area contributed by atoms with Crippen LogP contribution < -0.4 is 11.2 Å². The van der Waals surface area contributed by atoms with Gasteiger partial charge in [-0.3, -0.25) is 5.21 Å². The lowest BCUT2D eigenvalue weighted by Gasteiger charge is -2.20. The second-order valence-corrected chi connectivity index (χ2v) is 3.22. The van der Waals surface area contributed by atoms with E-state index < -0.39 is 0 Å². The zero-order valence-corrected chi connectivity index (χ0v) is 7.21. The summed E-state index contributed by atoms with van der Waals surface area (Å²) in [6.07, 6.45) is 2.06. The largest absolute Gasteiger partial charge is 0.373 e. The van der Waals surface area contributed by atoms with Gasteiger partial charge in [-0.15, -0.1) is 0 Å². The minimum atomic E-state index is -0.193. The van der Waals surface area contributed by atoms with Crippen LogP contribution in [0, 0.1) is 0 Å². The van der Waals surface area contributed by atoms with Gasteiger partial charge in [-0.2, -0.15) is 0 Å². The molecule has 4 N–H and O–H groups in total. The van der Waals surface area contributed by atoms with Crippen molar-refractivity contribution in [3.8, 4) is 0 Å². The zero-order chi connectivity index (χ0) is 9.03. The van der Waals surface area contributed by atoms with E-state index in [0.29, 0.717) is 6.54 Å². The molecule has 0 aromatic heterocycles. The highest BCUT2D eigenvalue weighted by Gasteiger charge is 2.29. The SMILES string of the molecule is CC1(CN=C(N)NO)CCCO1. The molecule has 0 spiro atoms. The topological polar surface area (TPSA) is 79.9 Å². The lowest BCUT2D eigenvalue weighted by Crippen LogP contribution is -2.33. The third kappa shape index (κ3) is 2.35. The van der Waals surface area contributed by atoms with Crippen LogP contribution >= 0.6 is 0 Å². The molecule has 1 saturated heterocycles. The van der Waals surface area contributed by atoms with E-state index in [-0.39, 0.29) is 11.6 Å². The first-order valence-corrected chi connectivity index (χ1v) is 4.00. The summed E-state index contributed by atoms with van der Waals surface area (Å²) in [5.74, 6) is 0.0340. The van der Waals surface area contributed by atoms with Crippen LogP contribution in [0.3, 0.4) is 0 Å². The molecule has 5 heteroatoms. The third-order valence-corrected chi connectivity index (χ3v) is 2.00. The van der Waals surface area contributed by atoms with Gasteiger partial charge in [-0.25, -0.2) is 10.5 Å². The molecular formula is C7H15N3O2. The van der Waals surface area contributed by atoms with Gasteiger partial charge in [0.05, 0.1) is 12.1 Å². The molecule has 0 aliphatic carbocycles. The zero-order valence-electron chi connectivity index (χ0n) is 7.21. The fraction of sp³-hybridized carbons (Fsp3) is 0.857. The molecule has 0 aromatic rings. The summed E-state index contributed by atoms with van der Waals surface area (Å²) in [5, 5.41) is 8.35. The fourth-order valence-electron chi connectivity index (χ4n) is 1.25. The van der Waals surface area contributed by atoms with Crippen molar-refractivity contribution in [1.82, 2.24) is 5.48 Å². The maximum atomic E-state index is 8.35. The smallest absolute Gasteiger partial charge is 0.212 e. The van der Waals surface area contributed by atoms with Crippen LogP contribution in [0.1, 0.15) is 19.8 Å². The quantitative estimate of drug-likeness (QED) is 0.308. The summed E-state index contributed by atoms with van der Waals surface area (Å²) < 4.78 is 5.46. The van der Waals surface area contributed by atoms with E-state index in [1.54, 1.807) is 5.48 Å². The number of rotatable bonds is 2. The van der Waals surface area contributed by atoms with E-state index in [2.05, 4.69) is 4.99 Å². The Morgan fingerprint density at radius 3 is 3.08 bits per heavy atom. The first kappa shape index (κ1) is 9.28. The first-order chi connectivity index (χ1) is 5.66. The summed E-state index contributed by atoms with van der Waals surface area (Å²) in [6.45, 7) is 3.28. The number of ether oxygens (including phenoxy) is 1. The molecule has 0 amide bonds. The molecule has 1 aliphatic rings. The van der Waals surface area contributed by atoms with Crippen LogP contribution in [0.5, 0.6) is 0 Å². The van der Waals surface area contributed by atoms with Crippen LogP contribution in [0.25, 0.3) is 0 Å². The Morgan fingerprint density at radius 1 is 1.83 bits per heavy atom. The Bertz CT molecular complexity index is 175. The number of nitrogens with zero attached hydrogens (tertiary/aromatic N) is 1. The normalized spacial score (nSPS) is 30.7. The van der Waals surface area contributed by atoms with Gasteiger partial charge < -0.3 is 10.5 Å². The molecule has 12 heavy (non-hydrogen) atoms. The molecular weight excluding hydrogens is 158 g/mol. The van der Waals surface area contributed by atoms with Crippen molar-refractivity contribution in [2.45, 2.75) is 25.4 Å². The van der Waals surface area contributed by atoms with Crippen LogP contribution in [0.2, 0.25) is 0 Å². The summed E-state index contributed by atoms with van der Waals surface area (Å²) in [7, 11) is 0. The molecule has 1 fully saturated rings. The second kappa shape index (κ2) is 3.73. The Balaban J connectivity index is 2.39. The number of hydrogen-bond acceptors (Lipinski definition) is 3. The molecule has 1 heterocycles. The van der Waals surface area contributed by atoms with Crippen LogP contribution in [0.4, 0.5) is 0 Å². The number of hydroxylamine groups is 1. The summed E-state index contributed by atoms with van der Waals surface area (Å²) in [4.78, 5) is 3.90. The van der Waals surface area contributed by atoms with Gasteiger partial charge >= 0.3 is 0 Å². The highest BCUT2D eigenvalue weighted by molar-refractivity contribution is 5.76. The van der Waals surface area contributed by atoms with Crippen molar-refractivity contribution in [3.63, 3.8) is 0 Å². The molecule has 1 aliphatic heterocycles. The molecule has 1 unspecified atom stereocenters. The van der Waals surface area contributed by atoms with Gasteiger partial charge in [0.2, 0.25) is 5.96 Å². The lowest BCUT2D eigenvalue weighted by molar-refractivity contribution is 0.0282. The highest BCUT2D eigenvalue weighted by Crippen LogP contribution is 2.24. The van der Waals surface area contributed by atoms with Crippen molar-refractivity contribution in [1.29, 1.82) is 0 Å². The maximum absolute atomic E-state index is 8.35. The Labute approximate surface area is 71.6 Å². The molecule has 0 radical (unpaired) electrons. The standard InChI is InChI=1S/C7H15N3O2/c1-7(3-2-4-12-7)5-9-6(8)10-11/h11H,2-5H2,1H3,(H3,8,9,10). The monoisotopic (exact) mass is 173 g/mol. The van der Waals surface area contributed by atoms with Gasteiger partial charge in [0.15, 0.2) is 0 Å². The van der Waals surface area contributed by atoms with Crippen molar-refractivity contribution in [3.05, 3.63) is 0 Å². The van der Waals surface area contributed by atoms with E-state index in [1.165, 1.54) is 0 Å². The number of aliphatic imine (C=N–C) groups is 1. The van der Waals surface area contributed by atoms with Gasteiger partial charge in [0.1, 0.15) is 0 Å². The predicted octanol–water partition coefficient (Wildman–Crippen LogP) is -0.151. The van der Waals surface area contributed by atoms with Gasteiger partial charge in [0.25, 0.3) is 0 Å². The molecule has 5 nitrogen and oxygen atoms in total. The first-order valence-electron chi connectivity index (χ1n) is 4.00. The van der Waals surface area contributed by atoms with Crippen molar-refractivity contribution in [2.24, 2.45) is 10.7 Å². The predicted molar refractivity (Wildman–Crippen MR) is 45.0 cm³/mol. The van der Waals surface area contributed by atoms with Crippen molar-refractivity contribution >= 4 is 5.96 Å². The van der Waals surface area contributed by atoms with E-state index in [4.69, 9.17) is 15.7 Å². The van der Waals surface area contributed by atoms with E-state index >= 15 is 0 Å².